The van der Waals surface area contributed by atoms with Gasteiger partial charge in [-0.2, -0.15) is 0 Å². The predicted molar refractivity (Wildman–Crippen MR) is 78.2 cm³/mol. The second kappa shape index (κ2) is 7.28. The van der Waals surface area contributed by atoms with Crippen LogP contribution in [0.15, 0.2) is 35.2 Å². The topological polar surface area (TPSA) is 90.7 Å². The fourth-order valence-electron chi connectivity index (χ4n) is 1.44. The molecule has 0 aliphatic rings. The molecule has 0 aromatic heterocycles. The van der Waals surface area contributed by atoms with Gasteiger partial charge in [0.05, 0.1) is 30.9 Å². The van der Waals surface area contributed by atoms with Crippen LogP contribution in [0.1, 0.15) is 6.92 Å². The zero-order valence-electron chi connectivity index (χ0n) is 11.7. The highest BCUT2D eigenvalue weighted by molar-refractivity contribution is 7.89. The van der Waals surface area contributed by atoms with E-state index in [0.717, 1.165) is 5.57 Å². The first-order valence-corrected chi connectivity index (χ1v) is 7.50. The summed E-state index contributed by atoms with van der Waals surface area (Å²) in [4.78, 5) is 0.100. The molecular formula is C13H20N2O4S. The highest BCUT2D eigenvalue weighted by Crippen LogP contribution is 2.24. The molecule has 0 radical (unpaired) electrons. The third-order valence-corrected chi connectivity index (χ3v) is 3.86. The average molecular weight is 300 g/mol. The summed E-state index contributed by atoms with van der Waals surface area (Å²) in [5, 5.41) is 0. The number of methoxy groups -OCH3 is 1. The van der Waals surface area contributed by atoms with E-state index in [2.05, 4.69) is 11.3 Å². The van der Waals surface area contributed by atoms with Crippen molar-refractivity contribution in [3.05, 3.63) is 30.4 Å². The minimum atomic E-state index is -3.60. The fourth-order valence-corrected chi connectivity index (χ4v) is 2.46. The van der Waals surface area contributed by atoms with E-state index in [0.29, 0.717) is 18.0 Å². The molecule has 1 aromatic carbocycles. The van der Waals surface area contributed by atoms with E-state index in [4.69, 9.17) is 15.2 Å². The van der Waals surface area contributed by atoms with Gasteiger partial charge in [-0.05, 0) is 19.1 Å². The van der Waals surface area contributed by atoms with Crippen molar-refractivity contribution in [3.8, 4) is 5.75 Å². The zero-order valence-corrected chi connectivity index (χ0v) is 12.5. The number of nitrogen functional groups attached to an aromatic ring is 1. The highest BCUT2D eigenvalue weighted by Gasteiger charge is 2.15. The van der Waals surface area contributed by atoms with Crippen molar-refractivity contribution in [1.82, 2.24) is 4.72 Å². The molecule has 0 aliphatic carbocycles. The van der Waals surface area contributed by atoms with Gasteiger partial charge >= 0.3 is 0 Å². The number of nitrogens with one attached hydrogen (secondary N) is 1. The van der Waals surface area contributed by atoms with E-state index < -0.39 is 10.0 Å². The molecule has 0 unspecified atom stereocenters. The molecular weight excluding hydrogens is 280 g/mol. The van der Waals surface area contributed by atoms with Gasteiger partial charge in [0.15, 0.2) is 0 Å². The first kappa shape index (κ1) is 16.5. The van der Waals surface area contributed by atoms with Crippen molar-refractivity contribution >= 4 is 15.7 Å². The number of anilines is 1. The third-order valence-electron chi connectivity index (χ3n) is 2.40. The Kier molecular flexibility index (Phi) is 6.00. The number of nitrogens with two attached hydrogens (primary N) is 1. The first-order chi connectivity index (χ1) is 9.36. The van der Waals surface area contributed by atoms with Crippen LogP contribution in [0.2, 0.25) is 0 Å². The molecule has 0 saturated heterocycles. The Morgan fingerprint density at radius 1 is 1.45 bits per heavy atom. The summed E-state index contributed by atoms with van der Waals surface area (Å²) in [6.45, 7) is 6.40. The van der Waals surface area contributed by atoms with E-state index >= 15 is 0 Å². The Morgan fingerprint density at radius 2 is 2.15 bits per heavy atom. The summed E-state index contributed by atoms with van der Waals surface area (Å²) in [5.74, 6) is 0.325. The van der Waals surface area contributed by atoms with Crippen molar-refractivity contribution in [2.75, 3.05) is 32.6 Å². The number of sulfonamides is 1. The Balaban J connectivity index is 2.62. The van der Waals surface area contributed by atoms with Crippen LogP contribution in [0.3, 0.4) is 0 Å². The van der Waals surface area contributed by atoms with Crippen LogP contribution >= 0.6 is 0 Å². The Hall–Kier alpha value is -1.57. The number of ether oxygens (including phenoxy) is 2. The number of hydrogen-bond acceptors (Lipinski definition) is 5. The molecule has 0 saturated carbocycles. The van der Waals surface area contributed by atoms with Gasteiger partial charge in [-0.3, -0.25) is 0 Å². The van der Waals surface area contributed by atoms with Gasteiger partial charge in [-0.1, -0.05) is 12.2 Å². The molecule has 112 valence electrons. The normalized spacial score (nSPS) is 11.3. The van der Waals surface area contributed by atoms with Crippen LogP contribution in [0.5, 0.6) is 5.75 Å². The van der Waals surface area contributed by atoms with Crippen LogP contribution in [0.4, 0.5) is 5.69 Å². The second-order valence-electron chi connectivity index (χ2n) is 4.31. The first-order valence-electron chi connectivity index (χ1n) is 6.02. The molecule has 6 nitrogen and oxygen atoms in total. The smallest absolute Gasteiger partial charge is 0.240 e. The van der Waals surface area contributed by atoms with E-state index in [1.54, 1.807) is 0 Å². The lowest BCUT2D eigenvalue weighted by Gasteiger charge is -2.10. The van der Waals surface area contributed by atoms with Crippen LogP contribution in [0, 0.1) is 0 Å². The maximum absolute atomic E-state index is 12.0. The van der Waals surface area contributed by atoms with E-state index in [-0.39, 0.29) is 18.0 Å². The third kappa shape index (κ3) is 4.84. The summed E-state index contributed by atoms with van der Waals surface area (Å²) in [6, 6.07) is 4.30. The zero-order chi connectivity index (χ0) is 15.2. The monoisotopic (exact) mass is 300 g/mol. The molecule has 0 spiro atoms. The standard InChI is InChI=1S/C13H20N2O4S/c1-10(2)9-19-7-6-15-20(16,17)11-4-5-12(14)13(8-11)18-3/h4-5,8,15H,1,6-7,9,14H2,2-3H3. The van der Waals surface area contributed by atoms with E-state index in [9.17, 15) is 8.42 Å². The van der Waals surface area contributed by atoms with Crippen LogP contribution in [0.25, 0.3) is 0 Å². The van der Waals surface area contributed by atoms with Crippen LogP contribution in [-0.4, -0.2) is 35.3 Å². The summed E-state index contributed by atoms with van der Waals surface area (Å²) in [5.41, 5.74) is 6.91. The van der Waals surface area contributed by atoms with E-state index in [1.807, 2.05) is 6.92 Å². The van der Waals surface area contributed by atoms with Crippen molar-refractivity contribution in [2.24, 2.45) is 0 Å². The van der Waals surface area contributed by atoms with Crippen molar-refractivity contribution < 1.29 is 17.9 Å². The molecule has 3 N–H and O–H groups in total. The maximum Gasteiger partial charge on any atom is 0.240 e. The fraction of sp³-hybridized carbons (Fsp3) is 0.385. The molecule has 0 bridgehead atoms. The molecule has 0 fully saturated rings. The molecule has 1 aromatic rings. The number of rotatable bonds is 8. The lowest BCUT2D eigenvalue weighted by molar-refractivity contribution is 0.162. The largest absolute Gasteiger partial charge is 0.495 e. The SMILES string of the molecule is C=C(C)COCCNS(=O)(=O)c1ccc(N)c(OC)c1. The highest BCUT2D eigenvalue weighted by atomic mass is 32.2. The minimum absolute atomic E-state index is 0.100. The summed E-state index contributed by atoms with van der Waals surface area (Å²) in [7, 11) is -2.17. The molecule has 0 atom stereocenters. The Morgan fingerprint density at radius 3 is 2.75 bits per heavy atom. The molecule has 20 heavy (non-hydrogen) atoms. The molecule has 0 aliphatic heterocycles. The maximum atomic E-state index is 12.0. The second-order valence-corrected chi connectivity index (χ2v) is 6.08. The van der Waals surface area contributed by atoms with Gasteiger partial charge in [0.1, 0.15) is 5.75 Å². The van der Waals surface area contributed by atoms with E-state index in [1.165, 1.54) is 25.3 Å². The van der Waals surface area contributed by atoms with Crippen molar-refractivity contribution in [2.45, 2.75) is 11.8 Å². The molecule has 1 rings (SSSR count). The van der Waals surface area contributed by atoms with Gasteiger partial charge in [0, 0.05) is 12.6 Å². The van der Waals surface area contributed by atoms with Crippen LogP contribution in [-0.2, 0) is 14.8 Å². The summed E-state index contributed by atoms with van der Waals surface area (Å²) >= 11 is 0. The van der Waals surface area contributed by atoms with Crippen LogP contribution < -0.4 is 15.2 Å². The summed E-state index contributed by atoms with van der Waals surface area (Å²) < 4.78 is 36.7. The molecule has 0 amide bonds. The van der Waals surface area contributed by atoms with Gasteiger partial charge in [-0.15, -0.1) is 0 Å². The minimum Gasteiger partial charge on any atom is -0.495 e. The Bertz CT molecular complexity index is 570. The Labute approximate surface area is 119 Å². The summed E-state index contributed by atoms with van der Waals surface area (Å²) in [6.07, 6.45) is 0. The molecule has 0 heterocycles. The average Bonchev–Trinajstić information content (AvgIpc) is 2.38. The number of benzene rings is 1. The van der Waals surface area contributed by atoms with Gasteiger partial charge < -0.3 is 15.2 Å². The van der Waals surface area contributed by atoms with Gasteiger partial charge in [0.25, 0.3) is 0 Å². The van der Waals surface area contributed by atoms with Gasteiger partial charge in [-0.25, -0.2) is 13.1 Å². The quantitative estimate of drug-likeness (QED) is 0.427. The van der Waals surface area contributed by atoms with Crippen molar-refractivity contribution in [3.63, 3.8) is 0 Å². The van der Waals surface area contributed by atoms with Crippen molar-refractivity contribution in [1.29, 1.82) is 0 Å². The molecule has 7 heteroatoms. The lowest BCUT2D eigenvalue weighted by Crippen LogP contribution is -2.27. The predicted octanol–water partition coefficient (Wildman–Crippen LogP) is 1.15. The lowest BCUT2D eigenvalue weighted by atomic mass is 10.3. The van der Waals surface area contributed by atoms with Gasteiger partial charge in [0.2, 0.25) is 10.0 Å². The number of hydrogen-bond donors (Lipinski definition) is 2.